The number of furan rings is 1. The van der Waals surface area contributed by atoms with Gasteiger partial charge >= 0.3 is 5.97 Å². The van der Waals surface area contributed by atoms with Crippen LogP contribution in [-0.4, -0.2) is 17.0 Å². The molecule has 2 atom stereocenters. The average Bonchev–Trinajstić information content (AvgIpc) is 3.08. The SMILES string of the molecule is O=C(O)C1CC1C(=O)Nc1coc2ccccc12. The molecule has 3 rings (SSSR count). The zero-order valence-corrected chi connectivity index (χ0v) is 9.42. The highest BCUT2D eigenvalue weighted by molar-refractivity contribution is 6.04. The first-order valence-corrected chi connectivity index (χ1v) is 5.66. The van der Waals surface area contributed by atoms with E-state index in [1.54, 1.807) is 0 Å². The molecule has 1 heterocycles. The molecule has 2 unspecified atom stereocenters. The molecule has 1 aliphatic rings. The van der Waals surface area contributed by atoms with Crippen LogP contribution in [0, 0.1) is 11.8 Å². The van der Waals surface area contributed by atoms with Crippen LogP contribution < -0.4 is 5.32 Å². The van der Waals surface area contributed by atoms with Gasteiger partial charge in [0.25, 0.3) is 0 Å². The molecule has 0 bridgehead atoms. The predicted octanol–water partition coefficient (Wildman–Crippen LogP) is 2.09. The highest BCUT2D eigenvalue weighted by Gasteiger charge is 2.48. The van der Waals surface area contributed by atoms with Gasteiger partial charge in [0.05, 0.1) is 17.5 Å². The summed E-state index contributed by atoms with van der Waals surface area (Å²) in [5, 5.41) is 12.3. The summed E-state index contributed by atoms with van der Waals surface area (Å²) in [5.41, 5.74) is 1.28. The van der Waals surface area contributed by atoms with Crippen molar-refractivity contribution in [3.63, 3.8) is 0 Å². The molecule has 2 aromatic rings. The van der Waals surface area contributed by atoms with Crippen LogP contribution in [0.25, 0.3) is 11.0 Å². The minimum atomic E-state index is -0.910. The fraction of sp³-hybridized carbons (Fsp3) is 0.231. The molecule has 0 radical (unpaired) electrons. The molecular formula is C13H11NO4. The predicted molar refractivity (Wildman–Crippen MR) is 64.1 cm³/mol. The van der Waals surface area contributed by atoms with Gasteiger partial charge in [-0.25, -0.2) is 0 Å². The maximum absolute atomic E-state index is 11.8. The third-order valence-electron chi connectivity index (χ3n) is 3.18. The molecule has 18 heavy (non-hydrogen) atoms. The molecule has 1 aliphatic carbocycles. The van der Waals surface area contributed by atoms with E-state index in [9.17, 15) is 9.59 Å². The summed E-state index contributed by atoms with van der Waals surface area (Å²) >= 11 is 0. The molecule has 5 heteroatoms. The monoisotopic (exact) mass is 245 g/mol. The molecule has 1 aromatic heterocycles. The Hall–Kier alpha value is -2.30. The lowest BCUT2D eigenvalue weighted by Gasteiger charge is -2.01. The van der Waals surface area contributed by atoms with Gasteiger partial charge in [-0.05, 0) is 18.6 Å². The van der Waals surface area contributed by atoms with Gasteiger partial charge in [-0.1, -0.05) is 12.1 Å². The van der Waals surface area contributed by atoms with Crippen molar-refractivity contribution in [1.82, 2.24) is 0 Å². The van der Waals surface area contributed by atoms with Crippen molar-refractivity contribution in [2.75, 3.05) is 5.32 Å². The van der Waals surface area contributed by atoms with E-state index in [2.05, 4.69) is 5.32 Å². The van der Waals surface area contributed by atoms with Crippen LogP contribution in [0.4, 0.5) is 5.69 Å². The number of benzene rings is 1. The minimum Gasteiger partial charge on any atom is -0.481 e. The number of fused-ring (bicyclic) bond motifs is 1. The Balaban J connectivity index is 1.77. The molecule has 1 aromatic carbocycles. The van der Waals surface area contributed by atoms with Gasteiger partial charge in [-0.2, -0.15) is 0 Å². The number of hydrogen-bond acceptors (Lipinski definition) is 3. The summed E-state index contributed by atoms with van der Waals surface area (Å²) in [6.45, 7) is 0. The van der Waals surface area contributed by atoms with Crippen LogP contribution in [0.1, 0.15) is 6.42 Å². The lowest BCUT2D eigenvalue weighted by atomic mass is 10.2. The number of carbonyl (C=O) groups is 2. The first-order valence-electron chi connectivity index (χ1n) is 5.66. The number of carboxylic acids is 1. The lowest BCUT2D eigenvalue weighted by Crippen LogP contribution is -2.16. The zero-order valence-electron chi connectivity index (χ0n) is 9.42. The maximum atomic E-state index is 11.8. The average molecular weight is 245 g/mol. The summed E-state index contributed by atoms with van der Waals surface area (Å²) in [6, 6.07) is 7.35. The van der Waals surface area contributed by atoms with E-state index in [-0.39, 0.29) is 5.91 Å². The zero-order chi connectivity index (χ0) is 12.7. The molecule has 1 amide bonds. The number of anilines is 1. The summed E-state index contributed by atoms with van der Waals surface area (Å²) in [6.07, 6.45) is 1.89. The summed E-state index contributed by atoms with van der Waals surface area (Å²) < 4.78 is 5.29. The Bertz CT molecular complexity index is 631. The minimum absolute atomic E-state index is 0.256. The van der Waals surface area contributed by atoms with Crippen molar-refractivity contribution in [2.45, 2.75) is 6.42 Å². The highest BCUT2D eigenvalue weighted by atomic mass is 16.4. The van der Waals surface area contributed by atoms with E-state index in [4.69, 9.17) is 9.52 Å². The number of para-hydroxylation sites is 1. The number of carbonyl (C=O) groups excluding carboxylic acids is 1. The van der Waals surface area contributed by atoms with E-state index in [1.807, 2.05) is 24.3 Å². The molecule has 2 N–H and O–H groups in total. The van der Waals surface area contributed by atoms with Gasteiger partial charge in [0.15, 0.2) is 0 Å². The molecule has 5 nitrogen and oxygen atoms in total. The maximum Gasteiger partial charge on any atom is 0.307 e. The standard InChI is InChI=1S/C13H11NO4/c15-12(8-5-9(8)13(16)17)14-10-6-18-11-4-2-1-3-7(10)11/h1-4,6,8-9H,5H2,(H,14,15)(H,16,17). The Labute approximate surface area is 102 Å². The van der Waals surface area contributed by atoms with Crippen LogP contribution in [-0.2, 0) is 9.59 Å². The Kier molecular flexibility index (Phi) is 2.33. The van der Waals surface area contributed by atoms with Gasteiger partial charge < -0.3 is 14.8 Å². The topological polar surface area (TPSA) is 79.5 Å². The third-order valence-corrected chi connectivity index (χ3v) is 3.18. The van der Waals surface area contributed by atoms with Crippen LogP contribution in [0.2, 0.25) is 0 Å². The second-order valence-corrected chi connectivity index (χ2v) is 4.42. The number of rotatable bonds is 3. The van der Waals surface area contributed by atoms with Crippen molar-refractivity contribution in [3.05, 3.63) is 30.5 Å². The van der Waals surface area contributed by atoms with E-state index in [0.29, 0.717) is 17.7 Å². The largest absolute Gasteiger partial charge is 0.481 e. The van der Waals surface area contributed by atoms with Gasteiger partial charge in [0, 0.05) is 5.39 Å². The van der Waals surface area contributed by atoms with Crippen molar-refractivity contribution < 1.29 is 19.1 Å². The molecule has 1 fully saturated rings. The molecular weight excluding hydrogens is 234 g/mol. The number of hydrogen-bond donors (Lipinski definition) is 2. The molecule has 0 spiro atoms. The van der Waals surface area contributed by atoms with E-state index >= 15 is 0 Å². The van der Waals surface area contributed by atoms with Crippen LogP contribution in [0.3, 0.4) is 0 Å². The highest BCUT2D eigenvalue weighted by Crippen LogP contribution is 2.40. The summed E-state index contributed by atoms with van der Waals surface area (Å²) in [5.74, 6) is -2.12. The summed E-state index contributed by atoms with van der Waals surface area (Å²) in [7, 11) is 0. The first kappa shape index (κ1) is 10.8. The van der Waals surface area contributed by atoms with Crippen molar-refractivity contribution in [1.29, 1.82) is 0 Å². The number of carboxylic acid groups (broad SMARTS) is 1. The number of aliphatic carboxylic acids is 1. The van der Waals surface area contributed by atoms with E-state index in [1.165, 1.54) is 6.26 Å². The van der Waals surface area contributed by atoms with Crippen molar-refractivity contribution in [3.8, 4) is 0 Å². The normalized spacial score (nSPS) is 21.8. The Morgan fingerprint density at radius 1 is 1.28 bits per heavy atom. The first-order chi connectivity index (χ1) is 8.66. The van der Waals surface area contributed by atoms with Gasteiger partial charge in [-0.15, -0.1) is 0 Å². The lowest BCUT2D eigenvalue weighted by molar-refractivity contribution is -0.139. The van der Waals surface area contributed by atoms with E-state index in [0.717, 1.165) is 5.39 Å². The van der Waals surface area contributed by atoms with Gasteiger partial charge in [0.2, 0.25) is 5.91 Å². The Morgan fingerprint density at radius 3 is 2.78 bits per heavy atom. The second kappa shape index (κ2) is 3.87. The smallest absolute Gasteiger partial charge is 0.307 e. The fourth-order valence-electron chi connectivity index (χ4n) is 2.06. The van der Waals surface area contributed by atoms with Crippen molar-refractivity contribution in [2.24, 2.45) is 11.8 Å². The van der Waals surface area contributed by atoms with Crippen molar-refractivity contribution >= 4 is 28.5 Å². The Morgan fingerprint density at radius 2 is 2.06 bits per heavy atom. The third kappa shape index (κ3) is 1.73. The molecule has 0 aliphatic heterocycles. The molecule has 0 saturated heterocycles. The number of amides is 1. The fourth-order valence-corrected chi connectivity index (χ4v) is 2.06. The van der Waals surface area contributed by atoms with Gasteiger partial charge in [-0.3, -0.25) is 9.59 Å². The van der Waals surface area contributed by atoms with Crippen LogP contribution >= 0.6 is 0 Å². The van der Waals surface area contributed by atoms with Gasteiger partial charge in [0.1, 0.15) is 11.8 Å². The molecule has 1 saturated carbocycles. The number of nitrogens with one attached hydrogen (secondary N) is 1. The van der Waals surface area contributed by atoms with Crippen LogP contribution in [0.15, 0.2) is 34.9 Å². The quantitative estimate of drug-likeness (QED) is 0.867. The van der Waals surface area contributed by atoms with E-state index < -0.39 is 17.8 Å². The second-order valence-electron chi connectivity index (χ2n) is 4.42. The van der Waals surface area contributed by atoms with Crippen LogP contribution in [0.5, 0.6) is 0 Å². The summed E-state index contributed by atoms with van der Waals surface area (Å²) in [4.78, 5) is 22.5. The molecule has 92 valence electrons.